The Balaban J connectivity index is 2.12. The van der Waals surface area contributed by atoms with E-state index in [1.165, 1.54) is 17.5 Å². The second kappa shape index (κ2) is 6.20. The van der Waals surface area contributed by atoms with Crippen molar-refractivity contribution >= 4 is 11.6 Å². The van der Waals surface area contributed by atoms with Gasteiger partial charge in [-0.2, -0.15) is 0 Å². The maximum absolute atomic E-state index is 12.0. The van der Waals surface area contributed by atoms with Crippen molar-refractivity contribution in [2.75, 3.05) is 11.9 Å². The van der Waals surface area contributed by atoms with E-state index in [2.05, 4.69) is 23.2 Å². The fourth-order valence-electron chi connectivity index (χ4n) is 2.52. The molecular weight excluding hydrogens is 236 g/mol. The van der Waals surface area contributed by atoms with E-state index in [0.29, 0.717) is 0 Å². The summed E-state index contributed by atoms with van der Waals surface area (Å²) in [5, 5.41) is 3.09. The second-order valence-corrected chi connectivity index (χ2v) is 5.45. The topological polar surface area (TPSA) is 32.3 Å². The molecule has 104 valence electrons. The SMILES string of the molecule is CCCN1Cc2cccc(NC(=O)C(C)CC)c2C1. The number of nitrogens with one attached hydrogen (secondary N) is 1. The predicted octanol–water partition coefficient (Wildman–Crippen LogP) is 3.40. The van der Waals surface area contributed by atoms with Gasteiger partial charge in [0.1, 0.15) is 0 Å². The Morgan fingerprint density at radius 1 is 1.37 bits per heavy atom. The van der Waals surface area contributed by atoms with Crippen molar-refractivity contribution in [1.82, 2.24) is 4.90 Å². The lowest BCUT2D eigenvalue weighted by atomic mass is 10.1. The Hall–Kier alpha value is -1.35. The molecule has 0 fully saturated rings. The van der Waals surface area contributed by atoms with E-state index in [1.807, 2.05) is 26.0 Å². The summed E-state index contributed by atoms with van der Waals surface area (Å²) < 4.78 is 0. The first-order chi connectivity index (χ1) is 9.15. The molecule has 3 heteroatoms. The van der Waals surface area contributed by atoms with Gasteiger partial charge in [0.05, 0.1) is 0 Å². The zero-order valence-electron chi connectivity index (χ0n) is 12.2. The minimum absolute atomic E-state index is 0.0732. The van der Waals surface area contributed by atoms with Gasteiger partial charge in [-0.05, 0) is 36.6 Å². The number of carbonyl (C=O) groups excluding carboxylic acids is 1. The first-order valence-electron chi connectivity index (χ1n) is 7.29. The highest BCUT2D eigenvalue weighted by Gasteiger charge is 2.22. The van der Waals surface area contributed by atoms with Crippen molar-refractivity contribution in [2.24, 2.45) is 5.92 Å². The van der Waals surface area contributed by atoms with Crippen molar-refractivity contribution in [3.63, 3.8) is 0 Å². The van der Waals surface area contributed by atoms with E-state index in [4.69, 9.17) is 0 Å². The molecule has 19 heavy (non-hydrogen) atoms. The molecule has 0 spiro atoms. The number of carbonyl (C=O) groups is 1. The number of amides is 1. The molecule has 1 amide bonds. The normalized spacial score (nSPS) is 16.2. The van der Waals surface area contributed by atoms with Crippen LogP contribution in [-0.4, -0.2) is 17.4 Å². The van der Waals surface area contributed by atoms with E-state index < -0.39 is 0 Å². The zero-order valence-corrected chi connectivity index (χ0v) is 12.2. The lowest BCUT2D eigenvalue weighted by molar-refractivity contribution is -0.119. The van der Waals surface area contributed by atoms with Crippen LogP contribution in [0.15, 0.2) is 18.2 Å². The van der Waals surface area contributed by atoms with Crippen molar-refractivity contribution in [1.29, 1.82) is 0 Å². The molecule has 1 heterocycles. The van der Waals surface area contributed by atoms with Gasteiger partial charge >= 0.3 is 0 Å². The molecular formula is C16H24N2O. The Bertz CT molecular complexity index is 456. The molecule has 3 nitrogen and oxygen atoms in total. The zero-order chi connectivity index (χ0) is 13.8. The number of hydrogen-bond acceptors (Lipinski definition) is 2. The highest BCUT2D eigenvalue weighted by Crippen LogP contribution is 2.29. The minimum atomic E-state index is 0.0732. The maximum Gasteiger partial charge on any atom is 0.227 e. The molecule has 1 aliphatic rings. The fraction of sp³-hybridized carbons (Fsp3) is 0.562. The number of hydrogen-bond donors (Lipinski definition) is 1. The Kier molecular flexibility index (Phi) is 4.59. The summed E-state index contributed by atoms with van der Waals surface area (Å²) in [6.07, 6.45) is 2.05. The average molecular weight is 260 g/mol. The van der Waals surface area contributed by atoms with Gasteiger partial charge in [0.25, 0.3) is 0 Å². The van der Waals surface area contributed by atoms with Gasteiger partial charge in [-0.3, -0.25) is 9.69 Å². The smallest absolute Gasteiger partial charge is 0.227 e. The van der Waals surface area contributed by atoms with Crippen LogP contribution in [0.4, 0.5) is 5.69 Å². The highest BCUT2D eigenvalue weighted by molar-refractivity contribution is 5.93. The lowest BCUT2D eigenvalue weighted by Crippen LogP contribution is -2.21. The Labute approximate surface area is 116 Å². The Morgan fingerprint density at radius 3 is 2.84 bits per heavy atom. The van der Waals surface area contributed by atoms with Crippen LogP contribution < -0.4 is 5.32 Å². The third-order valence-corrected chi connectivity index (χ3v) is 3.91. The van der Waals surface area contributed by atoms with Crippen LogP contribution in [0.5, 0.6) is 0 Å². The molecule has 1 aromatic rings. The summed E-state index contributed by atoms with van der Waals surface area (Å²) in [5.41, 5.74) is 3.66. The second-order valence-electron chi connectivity index (χ2n) is 5.45. The maximum atomic E-state index is 12.0. The van der Waals surface area contributed by atoms with Crippen molar-refractivity contribution in [2.45, 2.75) is 46.7 Å². The third-order valence-electron chi connectivity index (χ3n) is 3.91. The quantitative estimate of drug-likeness (QED) is 0.880. The van der Waals surface area contributed by atoms with Gasteiger partial charge < -0.3 is 5.32 Å². The highest BCUT2D eigenvalue weighted by atomic mass is 16.1. The molecule has 0 saturated carbocycles. The summed E-state index contributed by atoms with van der Waals surface area (Å²) in [4.78, 5) is 14.5. The Morgan fingerprint density at radius 2 is 2.16 bits per heavy atom. The van der Waals surface area contributed by atoms with E-state index in [0.717, 1.165) is 31.7 Å². The fourth-order valence-corrected chi connectivity index (χ4v) is 2.52. The van der Waals surface area contributed by atoms with Gasteiger partial charge in [0.2, 0.25) is 5.91 Å². The standard InChI is InChI=1S/C16H24N2O/c1-4-9-18-10-13-7-6-8-15(14(13)11-18)17-16(19)12(3)5-2/h6-8,12H,4-5,9-11H2,1-3H3,(H,17,19). The monoisotopic (exact) mass is 260 g/mol. The van der Waals surface area contributed by atoms with Crippen LogP contribution in [-0.2, 0) is 17.9 Å². The summed E-state index contributed by atoms with van der Waals surface area (Å²) in [6.45, 7) is 9.31. The molecule has 0 bridgehead atoms. The van der Waals surface area contributed by atoms with E-state index in [9.17, 15) is 4.79 Å². The van der Waals surface area contributed by atoms with Crippen molar-refractivity contribution in [3.8, 4) is 0 Å². The number of nitrogens with zero attached hydrogens (tertiary/aromatic N) is 1. The molecule has 0 aromatic heterocycles. The number of rotatable bonds is 5. The summed E-state index contributed by atoms with van der Waals surface area (Å²) in [5.74, 6) is 0.203. The molecule has 0 radical (unpaired) electrons. The van der Waals surface area contributed by atoms with Gasteiger partial charge in [-0.25, -0.2) is 0 Å². The predicted molar refractivity (Wildman–Crippen MR) is 78.9 cm³/mol. The van der Waals surface area contributed by atoms with Gasteiger partial charge in [-0.15, -0.1) is 0 Å². The molecule has 1 aromatic carbocycles. The molecule has 1 N–H and O–H groups in total. The van der Waals surface area contributed by atoms with Gasteiger partial charge in [0.15, 0.2) is 0 Å². The average Bonchev–Trinajstić information content (AvgIpc) is 2.81. The number of benzene rings is 1. The summed E-state index contributed by atoms with van der Waals surface area (Å²) >= 11 is 0. The molecule has 1 unspecified atom stereocenters. The van der Waals surface area contributed by atoms with Crippen LogP contribution >= 0.6 is 0 Å². The molecule has 1 atom stereocenters. The van der Waals surface area contributed by atoms with Crippen LogP contribution in [0.3, 0.4) is 0 Å². The van der Waals surface area contributed by atoms with Crippen LogP contribution in [0.25, 0.3) is 0 Å². The number of fused-ring (bicyclic) bond motifs is 1. The lowest BCUT2D eigenvalue weighted by Gasteiger charge is -2.14. The summed E-state index contributed by atoms with van der Waals surface area (Å²) in [6, 6.07) is 6.24. The van der Waals surface area contributed by atoms with E-state index in [1.54, 1.807) is 0 Å². The molecule has 2 rings (SSSR count). The van der Waals surface area contributed by atoms with Crippen LogP contribution in [0.1, 0.15) is 44.7 Å². The van der Waals surface area contributed by atoms with E-state index in [-0.39, 0.29) is 11.8 Å². The van der Waals surface area contributed by atoms with Crippen molar-refractivity contribution in [3.05, 3.63) is 29.3 Å². The van der Waals surface area contributed by atoms with Gasteiger partial charge in [-0.1, -0.05) is 32.9 Å². The molecule has 0 saturated heterocycles. The molecule has 0 aliphatic carbocycles. The summed E-state index contributed by atoms with van der Waals surface area (Å²) in [7, 11) is 0. The first-order valence-corrected chi connectivity index (χ1v) is 7.29. The minimum Gasteiger partial charge on any atom is -0.326 e. The third kappa shape index (κ3) is 3.16. The van der Waals surface area contributed by atoms with E-state index >= 15 is 0 Å². The first kappa shape index (κ1) is 14.1. The van der Waals surface area contributed by atoms with Gasteiger partial charge in [0, 0.05) is 24.7 Å². The largest absolute Gasteiger partial charge is 0.326 e. The van der Waals surface area contributed by atoms with Crippen molar-refractivity contribution < 1.29 is 4.79 Å². The van der Waals surface area contributed by atoms with Crippen LogP contribution in [0, 0.1) is 5.92 Å². The number of anilines is 1. The molecule has 1 aliphatic heterocycles. The van der Waals surface area contributed by atoms with Crippen LogP contribution in [0.2, 0.25) is 0 Å².